The van der Waals surface area contributed by atoms with Crippen LogP contribution in [0.15, 0.2) is 30.3 Å². The van der Waals surface area contributed by atoms with Gasteiger partial charge in [-0.05, 0) is 17.7 Å². The Morgan fingerprint density at radius 2 is 2.05 bits per heavy atom. The third-order valence-corrected chi connectivity index (χ3v) is 3.32. The van der Waals surface area contributed by atoms with Gasteiger partial charge in [-0.3, -0.25) is 10.1 Å². The van der Waals surface area contributed by atoms with E-state index < -0.39 is 0 Å². The van der Waals surface area contributed by atoms with Gasteiger partial charge in [-0.1, -0.05) is 39.7 Å². The number of nitrogens with zero attached hydrogens (tertiary/aromatic N) is 2. The lowest BCUT2D eigenvalue weighted by Gasteiger charge is -2.06. The van der Waals surface area contributed by atoms with Crippen LogP contribution in [0.2, 0.25) is 5.15 Å². The van der Waals surface area contributed by atoms with Crippen molar-refractivity contribution in [1.82, 2.24) is 9.97 Å². The van der Waals surface area contributed by atoms with E-state index in [1.54, 1.807) is 12.1 Å². The number of carbonyl (C=O) groups is 1. The van der Waals surface area contributed by atoms with Crippen molar-refractivity contribution in [3.05, 3.63) is 46.6 Å². The van der Waals surface area contributed by atoms with Crippen LogP contribution in [0.5, 0.6) is 5.88 Å². The summed E-state index contributed by atoms with van der Waals surface area (Å²) < 4.78 is 4.96. The molecule has 0 radical (unpaired) electrons. The van der Waals surface area contributed by atoms with Crippen LogP contribution < -0.4 is 10.1 Å². The van der Waals surface area contributed by atoms with Gasteiger partial charge < -0.3 is 4.74 Å². The van der Waals surface area contributed by atoms with Crippen LogP contribution in [-0.2, 0) is 5.33 Å². The van der Waals surface area contributed by atoms with Crippen LogP contribution in [0.1, 0.15) is 15.9 Å². The first-order valence-electron chi connectivity index (χ1n) is 5.67. The van der Waals surface area contributed by atoms with Crippen LogP contribution in [0.4, 0.5) is 5.95 Å². The first kappa shape index (κ1) is 14.7. The highest BCUT2D eigenvalue weighted by atomic mass is 79.9. The summed E-state index contributed by atoms with van der Waals surface area (Å²) in [5.41, 5.74) is 1.60. The van der Waals surface area contributed by atoms with Gasteiger partial charge in [-0.25, -0.2) is 4.98 Å². The molecule has 0 unspecified atom stereocenters. The van der Waals surface area contributed by atoms with E-state index in [2.05, 4.69) is 31.2 Å². The summed E-state index contributed by atoms with van der Waals surface area (Å²) in [4.78, 5) is 19.9. The maximum absolute atomic E-state index is 12.0. The van der Waals surface area contributed by atoms with Gasteiger partial charge in [0, 0.05) is 17.0 Å². The molecular formula is C13H11BrClN3O2. The van der Waals surface area contributed by atoms with E-state index in [1.807, 2.05) is 12.1 Å². The largest absolute Gasteiger partial charge is 0.481 e. The van der Waals surface area contributed by atoms with Crippen molar-refractivity contribution in [2.24, 2.45) is 0 Å². The molecule has 5 nitrogen and oxygen atoms in total. The molecule has 1 amide bonds. The minimum atomic E-state index is -0.310. The highest BCUT2D eigenvalue weighted by molar-refractivity contribution is 9.08. The number of carbonyl (C=O) groups excluding carboxylic acids is 1. The second-order valence-corrected chi connectivity index (χ2v) is 4.79. The number of methoxy groups -OCH3 is 1. The van der Waals surface area contributed by atoms with E-state index in [4.69, 9.17) is 16.3 Å². The number of anilines is 1. The average Bonchev–Trinajstić information content (AvgIpc) is 2.46. The molecule has 2 rings (SSSR count). The molecule has 0 spiro atoms. The lowest BCUT2D eigenvalue weighted by atomic mass is 10.1. The van der Waals surface area contributed by atoms with Crippen molar-refractivity contribution < 1.29 is 9.53 Å². The molecule has 1 aromatic carbocycles. The van der Waals surface area contributed by atoms with E-state index in [-0.39, 0.29) is 22.9 Å². The summed E-state index contributed by atoms with van der Waals surface area (Å²) >= 11 is 9.16. The summed E-state index contributed by atoms with van der Waals surface area (Å²) in [5, 5.41) is 3.51. The molecule has 0 aliphatic rings. The fraction of sp³-hybridized carbons (Fsp3) is 0.154. The van der Waals surface area contributed by atoms with E-state index >= 15 is 0 Å². The SMILES string of the molecule is COc1cc(Cl)nc(NC(=O)c2ccc(CBr)cc2)n1. The first-order chi connectivity index (χ1) is 9.62. The van der Waals surface area contributed by atoms with Gasteiger partial charge in [0.25, 0.3) is 5.91 Å². The minimum absolute atomic E-state index is 0.101. The van der Waals surface area contributed by atoms with Crippen LogP contribution >= 0.6 is 27.5 Å². The highest BCUT2D eigenvalue weighted by Crippen LogP contribution is 2.16. The van der Waals surface area contributed by atoms with Gasteiger partial charge in [0.15, 0.2) is 0 Å². The fourth-order valence-electron chi connectivity index (χ4n) is 1.48. The van der Waals surface area contributed by atoms with Gasteiger partial charge in [-0.2, -0.15) is 4.98 Å². The topological polar surface area (TPSA) is 64.1 Å². The van der Waals surface area contributed by atoms with Gasteiger partial charge in [-0.15, -0.1) is 0 Å². The van der Waals surface area contributed by atoms with E-state index in [0.717, 1.165) is 10.9 Å². The van der Waals surface area contributed by atoms with Crippen molar-refractivity contribution in [3.8, 4) is 5.88 Å². The molecule has 104 valence electrons. The number of rotatable bonds is 4. The summed E-state index contributed by atoms with van der Waals surface area (Å²) in [6, 6.07) is 8.65. The minimum Gasteiger partial charge on any atom is -0.481 e. The molecule has 0 atom stereocenters. The molecule has 1 aromatic heterocycles. The Bertz CT molecular complexity index is 620. The van der Waals surface area contributed by atoms with Crippen LogP contribution in [0, 0.1) is 0 Å². The molecule has 0 saturated heterocycles. The van der Waals surface area contributed by atoms with Crippen LogP contribution in [0.25, 0.3) is 0 Å². The molecule has 1 heterocycles. The number of amides is 1. The molecular weight excluding hydrogens is 346 g/mol. The number of alkyl halides is 1. The second kappa shape index (κ2) is 6.67. The van der Waals surface area contributed by atoms with Gasteiger partial charge in [0.2, 0.25) is 11.8 Å². The average molecular weight is 357 g/mol. The summed E-state index contributed by atoms with van der Waals surface area (Å²) in [7, 11) is 1.46. The van der Waals surface area contributed by atoms with Crippen molar-refractivity contribution >= 4 is 39.4 Å². The van der Waals surface area contributed by atoms with E-state index in [9.17, 15) is 4.79 Å². The zero-order chi connectivity index (χ0) is 14.5. The number of halogens is 2. The first-order valence-corrected chi connectivity index (χ1v) is 7.17. The Balaban J connectivity index is 2.16. The standard InChI is InChI=1S/C13H11BrClN3O2/c1-20-11-6-10(15)16-13(17-11)18-12(19)9-4-2-8(7-14)3-5-9/h2-6H,7H2,1H3,(H,16,17,18,19). The molecule has 0 bridgehead atoms. The number of hydrogen-bond donors (Lipinski definition) is 1. The predicted octanol–water partition coefficient (Wildman–Crippen LogP) is 3.29. The van der Waals surface area contributed by atoms with Crippen LogP contribution in [-0.4, -0.2) is 23.0 Å². The smallest absolute Gasteiger partial charge is 0.258 e. The Labute approximate surface area is 129 Å². The Morgan fingerprint density at radius 3 is 2.65 bits per heavy atom. The third-order valence-electron chi connectivity index (χ3n) is 2.48. The molecule has 2 aromatic rings. The Kier molecular flexibility index (Phi) is 4.92. The maximum Gasteiger partial charge on any atom is 0.258 e. The fourth-order valence-corrected chi connectivity index (χ4v) is 2.02. The van der Waals surface area contributed by atoms with Crippen molar-refractivity contribution in [1.29, 1.82) is 0 Å². The van der Waals surface area contributed by atoms with E-state index in [1.165, 1.54) is 13.2 Å². The van der Waals surface area contributed by atoms with Crippen molar-refractivity contribution in [2.45, 2.75) is 5.33 Å². The number of ether oxygens (including phenoxy) is 1. The summed E-state index contributed by atoms with van der Waals surface area (Å²) in [5.74, 6) is 0.0781. The van der Waals surface area contributed by atoms with Crippen LogP contribution in [0.3, 0.4) is 0 Å². The second-order valence-electron chi connectivity index (χ2n) is 3.84. The number of aromatic nitrogens is 2. The predicted molar refractivity (Wildman–Crippen MR) is 80.6 cm³/mol. The van der Waals surface area contributed by atoms with Gasteiger partial charge in [0.05, 0.1) is 7.11 Å². The summed E-state index contributed by atoms with van der Waals surface area (Å²) in [6.45, 7) is 0. The van der Waals surface area contributed by atoms with Gasteiger partial charge >= 0.3 is 0 Å². The van der Waals surface area contributed by atoms with Crippen molar-refractivity contribution in [3.63, 3.8) is 0 Å². The van der Waals surface area contributed by atoms with Gasteiger partial charge in [0.1, 0.15) is 5.15 Å². The Hall–Kier alpha value is -1.66. The maximum atomic E-state index is 12.0. The van der Waals surface area contributed by atoms with Crippen molar-refractivity contribution in [2.75, 3.05) is 12.4 Å². The zero-order valence-corrected chi connectivity index (χ0v) is 12.9. The third kappa shape index (κ3) is 3.68. The zero-order valence-electron chi connectivity index (χ0n) is 10.6. The summed E-state index contributed by atoms with van der Waals surface area (Å²) in [6.07, 6.45) is 0. The number of hydrogen-bond acceptors (Lipinski definition) is 4. The monoisotopic (exact) mass is 355 g/mol. The number of nitrogens with one attached hydrogen (secondary N) is 1. The quantitative estimate of drug-likeness (QED) is 0.674. The lowest BCUT2D eigenvalue weighted by molar-refractivity contribution is 0.102. The highest BCUT2D eigenvalue weighted by Gasteiger charge is 2.10. The molecule has 0 aliphatic carbocycles. The van der Waals surface area contributed by atoms with E-state index in [0.29, 0.717) is 5.56 Å². The molecule has 7 heteroatoms. The molecule has 0 fully saturated rings. The molecule has 1 N–H and O–H groups in total. The molecule has 0 aliphatic heterocycles. The molecule has 20 heavy (non-hydrogen) atoms. The number of benzene rings is 1. The Morgan fingerprint density at radius 1 is 1.35 bits per heavy atom. The normalized spacial score (nSPS) is 10.2. The molecule has 0 saturated carbocycles. The lowest BCUT2D eigenvalue weighted by Crippen LogP contribution is -2.14.